The lowest BCUT2D eigenvalue weighted by atomic mass is 10.3. The lowest BCUT2D eigenvalue weighted by Crippen LogP contribution is -2.02. The van der Waals surface area contributed by atoms with Crippen LogP contribution in [0.15, 0.2) is 35.1 Å². The molecule has 1 heterocycles. The second kappa shape index (κ2) is 3.71. The summed E-state index contributed by atoms with van der Waals surface area (Å²) < 4.78 is 2.35. The maximum absolute atomic E-state index is 10.6. The fraction of sp³-hybridized carbons (Fsp3) is 0. The minimum atomic E-state index is 0.289. The van der Waals surface area contributed by atoms with Crippen LogP contribution in [0.2, 0.25) is 0 Å². The number of halogens is 1. The first-order valence-electron chi connectivity index (χ1n) is 3.93. The molecule has 0 saturated heterocycles. The Morgan fingerprint density at radius 3 is 2.86 bits per heavy atom. The van der Waals surface area contributed by atoms with Crippen LogP contribution in [0, 0.1) is 0 Å². The summed E-state index contributed by atoms with van der Waals surface area (Å²) in [5.74, 6) is 0.289. The molecule has 14 heavy (non-hydrogen) atoms. The molecule has 0 amide bonds. The molecule has 2 rings (SSSR count). The maximum atomic E-state index is 10.6. The molecule has 70 valence electrons. The highest BCUT2D eigenvalue weighted by Crippen LogP contribution is 2.19. The molecule has 1 aromatic carbocycles. The van der Waals surface area contributed by atoms with Gasteiger partial charge in [0.25, 0.3) is 0 Å². The molecule has 0 aliphatic carbocycles. The van der Waals surface area contributed by atoms with Crippen LogP contribution in [0.4, 0.5) is 0 Å². The molecular formula is C9H6BrN3O. The van der Waals surface area contributed by atoms with Gasteiger partial charge in [-0.3, -0.25) is 4.79 Å². The number of para-hydroxylation sites is 1. The number of nitrogens with zero attached hydrogens (tertiary/aromatic N) is 3. The predicted molar refractivity (Wildman–Crippen MR) is 54.4 cm³/mol. The summed E-state index contributed by atoms with van der Waals surface area (Å²) in [7, 11) is 0. The second-order valence-corrected chi connectivity index (χ2v) is 3.45. The molecule has 0 aliphatic heterocycles. The van der Waals surface area contributed by atoms with Crippen molar-refractivity contribution in [1.29, 1.82) is 0 Å². The van der Waals surface area contributed by atoms with E-state index in [9.17, 15) is 4.79 Å². The van der Waals surface area contributed by atoms with E-state index in [0.717, 1.165) is 10.2 Å². The summed E-state index contributed by atoms with van der Waals surface area (Å²) in [5, 5.41) is 3.96. The molecule has 0 aliphatic rings. The third kappa shape index (κ3) is 1.46. The van der Waals surface area contributed by atoms with Crippen LogP contribution in [0.25, 0.3) is 5.69 Å². The van der Waals surface area contributed by atoms with Crippen LogP contribution in [-0.4, -0.2) is 21.1 Å². The Hall–Kier alpha value is -1.49. The topological polar surface area (TPSA) is 47.8 Å². The quantitative estimate of drug-likeness (QED) is 0.766. The van der Waals surface area contributed by atoms with E-state index < -0.39 is 0 Å². The number of rotatable bonds is 2. The molecule has 2 aromatic rings. The Kier molecular flexibility index (Phi) is 2.41. The molecule has 1 aromatic heterocycles. The Bertz CT molecular complexity index is 467. The van der Waals surface area contributed by atoms with Crippen molar-refractivity contribution in [2.24, 2.45) is 0 Å². The van der Waals surface area contributed by atoms with E-state index in [-0.39, 0.29) is 5.82 Å². The van der Waals surface area contributed by atoms with E-state index >= 15 is 0 Å². The molecule has 0 spiro atoms. The van der Waals surface area contributed by atoms with E-state index in [4.69, 9.17) is 0 Å². The number of benzene rings is 1. The SMILES string of the molecule is O=Cc1ncnn1-c1ccccc1Br. The zero-order valence-electron chi connectivity index (χ0n) is 7.09. The molecule has 0 N–H and O–H groups in total. The van der Waals surface area contributed by atoms with Gasteiger partial charge in [-0.25, -0.2) is 9.67 Å². The first-order valence-corrected chi connectivity index (χ1v) is 4.72. The van der Waals surface area contributed by atoms with Crippen molar-refractivity contribution in [2.75, 3.05) is 0 Å². The molecular weight excluding hydrogens is 246 g/mol. The standard InChI is InChI=1S/C9H6BrN3O/c10-7-3-1-2-4-8(7)13-9(5-14)11-6-12-13/h1-6H. The molecule has 0 fully saturated rings. The summed E-state index contributed by atoms with van der Waals surface area (Å²) in [6, 6.07) is 7.50. The van der Waals surface area contributed by atoms with Gasteiger partial charge in [0.1, 0.15) is 6.33 Å². The first kappa shape index (κ1) is 9.08. The van der Waals surface area contributed by atoms with Gasteiger partial charge in [0.2, 0.25) is 0 Å². The summed E-state index contributed by atoms with van der Waals surface area (Å²) in [5.41, 5.74) is 0.798. The minimum absolute atomic E-state index is 0.289. The number of carbonyl (C=O) groups excluding carboxylic acids is 1. The van der Waals surface area contributed by atoms with E-state index in [1.165, 1.54) is 11.0 Å². The molecule has 0 atom stereocenters. The van der Waals surface area contributed by atoms with Crippen LogP contribution in [0.3, 0.4) is 0 Å². The maximum Gasteiger partial charge on any atom is 0.196 e. The number of carbonyl (C=O) groups is 1. The Morgan fingerprint density at radius 1 is 1.36 bits per heavy atom. The number of hydrogen-bond acceptors (Lipinski definition) is 3. The van der Waals surface area contributed by atoms with Crippen molar-refractivity contribution in [3.05, 3.63) is 40.9 Å². The Morgan fingerprint density at radius 2 is 2.14 bits per heavy atom. The van der Waals surface area contributed by atoms with Crippen molar-refractivity contribution < 1.29 is 4.79 Å². The number of hydrogen-bond donors (Lipinski definition) is 0. The largest absolute Gasteiger partial charge is 0.294 e. The molecule has 0 radical (unpaired) electrons. The van der Waals surface area contributed by atoms with E-state index in [1.807, 2.05) is 24.3 Å². The van der Waals surface area contributed by atoms with Gasteiger partial charge in [0.05, 0.1) is 5.69 Å². The third-order valence-electron chi connectivity index (χ3n) is 1.76. The lowest BCUT2D eigenvalue weighted by Gasteiger charge is -2.03. The average Bonchev–Trinajstić information content (AvgIpc) is 2.66. The molecule has 0 saturated carbocycles. The smallest absolute Gasteiger partial charge is 0.196 e. The molecule has 4 nitrogen and oxygen atoms in total. The van der Waals surface area contributed by atoms with Crippen LogP contribution < -0.4 is 0 Å². The first-order chi connectivity index (χ1) is 6.83. The van der Waals surface area contributed by atoms with Gasteiger partial charge in [0, 0.05) is 4.47 Å². The summed E-state index contributed by atoms with van der Waals surface area (Å²) in [4.78, 5) is 14.4. The Balaban J connectivity index is 2.60. The summed E-state index contributed by atoms with van der Waals surface area (Å²) >= 11 is 3.38. The van der Waals surface area contributed by atoms with Gasteiger partial charge >= 0.3 is 0 Å². The van der Waals surface area contributed by atoms with Crippen molar-refractivity contribution in [2.45, 2.75) is 0 Å². The monoisotopic (exact) mass is 251 g/mol. The predicted octanol–water partition coefficient (Wildman–Crippen LogP) is 1.84. The van der Waals surface area contributed by atoms with E-state index in [2.05, 4.69) is 26.0 Å². The summed E-state index contributed by atoms with van der Waals surface area (Å²) in [6.45, 7) is 0. The number of aldehydes is 1. The van der Waals surface area contributed by atoms with Gasteiger partial charge in [-0.05, 0) is 28.1 Å². The van der Waals surface area contributed by atoms with E-state index in [1.54, 1.807) is 0 Å². The fourth-order valence-electron chi connectivity index (χ4n) is 1.14. The second-order valence-electron chi connectivity index (χ2n) is 2.60. The normalized spacial score (nSPS) is 10.1. The summed E-state index contributed by atoms with van der Waals surface area (Å²) in [6.07, 6.45) is 2.02. The van der Waals surface area contributed by atoms with Gasteiger partial charge in [0.15, 0.2) is 12.1 Å². The van der Waals surface area contributed by atoms with Crippen molar-refractivity contribution in [1.82, 2.24) is 14.8 Å². The molecule has 0 unspecified atom stereocenters. The molecule has 5 heteroatoms. The third-order valence-corrected chi connectivity index (χ3v) is 2.43. The van der Waals surface area contributed by atoms with Crippen LogP contribution in [0.1, 0.15) is 10.6 Å². The highest BCUT2D eigenvalue weighted by molar-refractivity contribution is 9.10. The molecule has 0 bridgehead atoms. The lowest BCUT2D eigenvalue weighted by molar-refractivity contribution is 0.111. The van der Waals surface area contributed by atoms with Gasteiger partial charge in [-0.1, -0.05) is 12.1 Å². The van der Waals surface area contributed by atoms with Crippen molar-refractivity contribution in [3.63, 3.8) is 0 Å². The van der Waals surface area contributed by atoms with Crippen LogP contribution in [0.5, 0.6) is 0 Å². The highest BCUT2D eigenvalue weighted by atomic mass is 79.9. The van der Waals surface area contributed by atoms with Crippen molar-refractivity contribution in [3.8, 4) is 5.69 Å². The Labute approximate surface area is 88.7 Å². The van der Waals surface area contributed by atoms with E-state index in [0.29, 0.717) is 6.29 Å². The van der Waals surface area contributed by atoms with Gasteiger partial charge in [-0.15, -0.1) is 0 Å². The number of aromatic nitrogens is 3. The van der Waals surface area contributed by atoms with Gasteiger partial charge < -0.3 is 0 Å². The zero-order chi connectivity index (χ0) is 9.97. The highest BCUT2D eigenvalue weighted by Gasteiger charge is 2.07. The fourth-order valence-corrected chi connectivity index (χ4v) is 1.59. The van der Waals surface area contributed by atoms with Crippen molar-refractivity contribution >= 4 is 22.2 Å². The van der Waals surface area contributed by atoms with Crippen LogP contribution in [-0.2, 0) is 0 Å². The van der Waals surface area contributed by atoms with Gasteiger partial charge in [-0.2, -0.15) is 5.10 Å². The minimum Gasteiger partial charge on any atom is -0.294 e. The zero-order valence-corrected chi connectivity index (χ0v) is 8.68. The van der Waals surface area contributed by atoms with Crippen LogP contribution >= 0.6 is 15.9 Å². The average molecular weight is 252 g/mol.